The highest BCUT2D eigenvalue weighted by atomic mass is 16.5. The number of aromatic nitrogens is 6. The molecule has 0 amide bonds. The summed E-state index contributed by atoms with van der Waals surface area (Å²) in [6, 6.07) is 5.37. The third kappa shape index (κ3) is 3.79. The van der Waals surface area contributed by atoms with Crippen LogP contribution in [-0.2, 0) is 18.8 Å². The molecule has 0 saturated heterocycles. The van der Waals surface area contributed by atoms with E-state index in [1.54, 1.807) is 40.8 Å². The Morgan fingerprint density at radius 1 is 1.20 bits per heavy atom. The molecule has 0 radical (unpaired) electrons. The van der Waals surface area contributed by atoms with E-state index < -0.39 is 0 Å². The van der Waals surface area contributed by atoms with E-state index in [0.717, 1.165) is 22.3 Å². The first-order chi connectivity index (χ1) is 14.4. The molecular weight excluding hydrogens is 384 g/mol. The van der Waals surface area contributed by atoms with Gasteiger partial charge in [-0.15, -0.1) is 0 Å². The highest BCUT2D eigenvalue weighted by Gasteiger charge is 2.15. The lowest BCUT2D eigenvalue weighted by molar-refractivity contribution is 0.0526. The summed E-state index contributed by atoms with van der Waals surface area (Å²) in [6.45, 7) is 4.06. The van der Waals surface area contributed by atoms with E-state index >= 15 is 0 Å². The zero-order valence-corrected chi connectivity index (χ0v) is 17.2. The van der Waals surface area contributed by atoms with Gasteiger partial charge in [-0.1, -0.05) is 6.07 Å². The van der Waals surface area contributed by atoms with Crippen LogP contribution in [0.4, 0.5) is 23.1 Å². The second-order valence-electron chi connectivity index (χ2n) is 6.81. The molecule has 0 fully saturated rings. The quantitative estimate of drug-likeness (QED) is 0.470. The van der Waals surface area contributed by atoms with Crippen LogP contribution in [0.2, 0.25) is 0 Å². The summed E-state index contributed by atoms with van der Waals surface area (Å²) in [4.78, 5) is 21.0. The van der Waals surface area contributed by atoms with E-state index in [1.165, 1.54) is 0 Å². The third-order valence-electron chi connectivity index (χ3n) is 4.54. The Kier molecular flexibility index (Phi) is 5.05. The summed E-state index contributed by atoms with van der Waals surface area (Å²) < 4.78 is 8.46. The molecule has 2 N–H and O–H groups in total. The van der Waals surface area contributed by atoms with Gasteiger partial charge in [0.1, 0.15) is 0 Å². The van der Waals surface area contributed by atoms with E-state index in [9.17, 15) is 4.79 Å². The number of benzene rings is 1. The minimum Gasteiger partial charge on any atom is -0.462 e. The van der Waals surface area contributed by atoms with Gasteiger partial charge in [0.25, 0.3) is 0 Å². The van der Waals surface area contributed by atoms with E-state index in [1.807, 2.05) is 33.3 Å². The molecular formula is C20H22N8O2. The number of carbonyl (C=O) groups is 1. The van der Waals surface area contributed by atoms with Crippen LogP contribution in [0.1, 0.15) is 22.8 Å². The van der Waals surface area contributed by atoms with Crippen LogP contribution >= 0.6 is 0 Å². The van der Waals surface area contributed by atoms with Gasteiger partial charge in [0.05, 0.1) is 29.4 Å². The molecule has 0 atom stereocenters. The van der Waals surface area contributed by atoms with Gasteiger partial charge in [0.2, 0.25) is 5.95 Å². The van der Waals surface area contributed by atoms with Gasteiger partial charge in [0, 0.05) is 32.2 Å². The molecule has 4 rings (SSSR count). The lowest BCUT2D eigenvalue weighted by Crippen LogP contribution is -2.06. The molecule has 0 aliphatic heterocycles. The molecule has 4 aromatic rings. The van der Waals surface area contributed by atoms with Crippen molar-refractivity contribution in [3.8, 4) is 0 Å². The Balaban J connectivity index is 1.64. The number of carbonyl (C=O) groups excluding carboxylic acids is 1. The Morgan fingerprint density at radius 2 is 2.03 bits per heavy atom. The number of aryl methyl sites for hydroxylation is 3. The minimum absolute atomic E-state index is 0.326. The van der Waals surface area contributed by atoms with Crippen molar-refractivity contribution in [2.75, 3.05) is 17.2 Å². The highest BCUT2D eigenvalue weighted by Crippen LogP contribution is 2.27. The maximum atomic E-state index is 12.1. The first kappa shape index (κ1) is 19.4. The van der Waals surface area contributed by atoms with Crippen molar-refractivity contribution in [2.24, 2.45) is 14.1 Å². The molecule has 1 aromatic carbocycles. The number of hydrogen-bond acceptors (Lipinski definition) is 8. The number of fused-ring (bicyclic) bond motifs is 1. The Hall–Kier alpha value is -3.95. The largest absolute Gasteiger partial charge is 0.462 e. The number of rotatable bonds is 6. The molecule has 0 saturated carbocycles. The molecule has 10 heteroatoms. The maximum Gasteiger partial charge on any atom is 0.338 e. The van der Waals surface area contributed by atoms with Gasteiger partial charge < -0.3 is 15.4 Å². The molecule has 154 valence electrons. The van der Waals surface area contributed by atoms with E-state index in [4.69, 9.17) is 4.74 Å². The molecule has 0 bridgehead atoms. The second-order valence-corrected chi connectivity index (χ2v) is 6.81. The van der Waals surface area contributed by atoms with Gasteiger partial charge in [0.15, 0.2) is 11.5 Å². The smallest absolute Gasteiger partial charge is 0.338 e. The summed E-state index contributed by atoms with van der Waals surface area (Å²) in [5.41, 5.74) is 3.67. The lowest BCUT2D eigenvalue weighted by atomic mass is 10.1. The predicted molar refractivity (Wildman–Crippen MR) is 113 cm³/mol. The predicted octanol–water partition coefficient (Wildman–Crippen LogP) is 3.07. The summed E-state index contributed by atoms with van der Waals surface area (Å²) in [5.74, 6) is 0.691. The van der Waals surface area contributed by atoms with E-state index in [0.29, 0.717) is 29.6 Å². The Bertz CT molecular complexity index is 1230. The fraction of sp³-hybridized carbons (Fsp3) is 0.250. The third-order valence-corrected chi connectivity index (χ3v) is 4.54. The lowest BCUT2D eigenvalue weighted by Gasteiger charge is -2.10. The SMILES string of the molecule is CCOC(=O)c1ccc(C)c(Nc2nn(C)c3nc(Nc4cnn(C)c4)ncc23)c1. The number of hydrogen-bond donors (Lipinski definition) is 2. The van der Waals surface area contributed by atoms with Gasteiger partial charge in [-0.3, -0.25) is 4.68 Å². The van der Waals surface area contributed by atoms with Crippen LogP contribution in [0.15, 0.2) is 36.8 Å². The van der Waals surface area contributed by atoms with Crippen molar-refractivity contribution in [2.45, 2.75) is 13.8 Å². The molecule has 0 spiro atoms. The standard InChI is InChI=1S/C20H22N8O2/c1-5-30-19(29)13-7-6-12(2)16(8-13)24-17-15-10-21-20(25-18(15)28(4)26-17)23-14-9-22-27(3)11-14/h6-11H,5H2,1-4H3,(H,24,26)(H,21,23,25). The van der Waals surface area contributed by atoms with Crippen molar-refractivity contribution < 1.29 is 9.53 Å². The Morgan fingerprint density at radius 3 is 2.77 bits per heavy atom. The molecule has 0 aliphatic carbocycles. The van der Waals surface area contributed by atoms with Crippen LogP contribution < -0.4 is 10.6 Å². The van der Waals surface area contributed by atoms with Gasteiger partial charge in [-0.25, -0.2) is 14.5 Å². The first-order valence-corrected chi connectivity index (χ1v) is 9.45. The number of nitrogens with zero attached hydrogens (tertiary/aromatic N) is 6. The van der Waals surface area contributed by atoms with Crippen LogP contribution in [0.5, 0.6) is 0 Å². The summed E-state index contributed by atoms with van der Waals surface area (Å²) >= 11 is 0. The van der Waals surface area contributed by atoms with Crippen molar-refractivity contribution in [1.82, 2.24) is 29.5 Å². The molecule has 3 heterocycles. The molecule has 0 unspecified atom stereocenters. The van der Waals surface area contributed by atoms with Crippen LogP contribution in [0.3, 0.4) is 0 Å². The van der Waals surface area contributed by atoms with Gasteiger partial charge in [-0.05, 0) is 31.5 Å². The number of esters is 1. The van der Waals surface area contributed by atoms with E-state index in [-0.39, 0.29) is 5.97 Å². The number of nitrogens with one attached hydrogen (secondary N) is 2. The molecule has 0 aliphatic rings. The summed E-state index contributed by atoms with van der Waals surface area (Å²) in [6.07, 6.45) is 5.24. The fourth-order valence-corrected chi connectivity index (χ4v) is 3.03. The molecule has 3 aromatic heterocycles. The first-order valence-electron chi connectivity index (χ1n) is 9.45. The second kappa shape index (κ2) is 7.82. The van der Waals surface area contributed by atoms with Crippen molar-refractivity contribution in [1.29, 1.82) is 0 Å². The average Bonchev–Trinajstić information content (AvgIpc) is 3.26. The number of ether oxygens (including phenoxy) is 1. The maximum absolute atomic E-state index is 12.1. The summed E-state index contributed by atoms with van der Waals surface area (Å²) in [7, 11) is 3.66. The van der Waals surface area contributed by atoms with Gasteiger partial charge in [-0.2, -0.15) is 15.2 Å². The van der Waals surface area contributed by atoms with Crippen LogP contribution in [0, 0.1) is 6.92 Å². The zero-order chi connectivity index (χ0) is 21.3. The van der Waals surface area contributed by atoms with Crippen LogP contribution in [0.25, 0.3) is 11.0 Å². The molecule has 10 nitrogen and oxygen atoms in total. The average molecular weight is 406 g/mol. The minimum atomic E-state index is -0.360. The monoisotopic (exact) mass is 406 g/mol. The van der Waals surface area contributed by atoms with Crippen molar-refractivity contribution in [3.63, 3.8) is 0 Å². The van der Waals surface area contributed by atoms with E-state index in [2.05, 4.69) is 30.8 Å². The number of anilines is 4. The van der Waals surface area contributed by atoms with Crippen LogP contribution in [-0.4, -0.2) is 42.1 Å². The Labute approximate surface area is 172 Å². The normalized spacial score (nSPS) is 10.9. The zero-order valence-electron chi connectivity index (χ0n) is 17.2. The summed E-state index contributed by atoms with van der Waals surface area (Å²) in [5, 5.41) is 15.8. The molecule has 30 heavy (non-hydrogen) atoms. The topological polar surface area (TPSA) is 112 Å². The van der Waals surface area contributed by atoms with Gasteiger partial charge >= 0.3 is 5.97 Å². The van der Waals surface area contributed by atoms with Crippen molar-refractivity contribution >= 4 is 40.1 Å². The fourth-order valence-electron chi connectivity index (χ4n) is 3.03. The highest BCUT2D eigenvalue weighted by molar-refractivity contribution is 5.93. The van der Waals surface area contributed by atoms with Crippen molar-refractivity contribution in [3.05, 3.63) is 47.9 Å².